The number of fused-ring (bicyclic) bond motifs is 3. The third-order valence-corrected chi connectivity index (χ3v) is 3.99. The summed E-state index contributed by atoms with van der Waals surface area (Å²) in [5.41, 5.74) is 3.95. The Bertz CT molecular complexity index is 1030. The van der Waals surface area contributed by atoms with Crippen LogP contribution in [0, 0.1) is 0 Å². The highest BCUT2D eigenvalue weighted by molar-refractivity contribution is 6.05. The summed E-state index contributed by atoms with van der Waals surface area (Å²) in [6.45, 7) is 4.25. The first-order valence-corrected chi connectivity index (χ1v) is 8.95. The minimum Gasteiger partial charge on any atom is -0.339 e. The number of hydrogen-bond acceptors (Lipinski definition) is 3. The predicted molar refractivity (Wildman–Crippen MR) is 110 cm³/mol. The molecule has 0 aliphatic carbocycles. The highest BCUT2D eigenvalue weighted by atomic mass is 15.3. The van der Waals surface area contributed by atoms with Crippen molar-refractivity contribution in [1.82, 2.24) is 24.4 Å². The molecule has 0 saturated carbocycles. The molecule has 0 unspecified atom stereocenters. The van der Waals surface area contributed by atoms with Gasteiger partial charge in [0.15, 0.2) is 0 Å². The Kier molecular flexibility index (Phi) is 5.00. The molecule has 0 aromatic carbocycles. The number of pyridine rings is 3. The van der Waals surface area contributed by atoms with Crippen molar-refractivity contribution in [3.8, 4) is 11.3 Å². The van der Waals surface area contributed by atoms with Crippen LogP contribution in [0.4, 0.5) is 5.82 Å². The molecule has 0 amide bonds. The zero-order valence-corrected chi connectivity index (χ0v) is 16.1. The van der Waals surface area contributed by atoms with Gasteiger partial charge in [0.2, 0.25) is 5.82 Å². The minimum atomic E-state index is 0.675. The Morgan fingerprint density at radius 3 is 2.46 bits per heavy atom. The third kappa shape index (κ3) is 3.58. The number of nitrogens with zero attached hydrogens (tertiary/aromatic N) is 4. The summed E-state index contributed by atoms with van der Waals surface area (Å²) in [5, 5.41) is 2.20. The van der Waals surface area contributed by atoms with Crippen LogP contribution in [0.25, 0.3) is 33.2 Å². The first kappa shape index (κ1) is 18.0. The van der Waals surface area contributed by atoms with Gasteiger partial charge in [-0.3, -0.25) is 9.47 Å². The third-order valence-electron chi connectivity index (χ3n) is 3.99. The van der Waals surface area contributed by atoms with Crippen LogP contribution in [-0.2, 0) is 0 Å². The van der Waals surface area contributed by atoms with Crippen molar-refractivity contribution in [2.45, 2.75) is 20.3 Å². The summed E-state index contributed by atoms with van der Waals surface area (Å²) in [7, 11) is 6.31. The summed E-state index contributed by atoms with van der Waals surface area (Å²) in [6, 6.07) is 10.2. The first-order valence-electron chi connectivity index (χ1n) is 8.95. The molecule has 0 aliphatic rings. The summed E-state index contributed by atoms with van der Waals surface area (Å²) in [6.07, 6.45) is 6.75. The van der Waals surface area contributed by atoms with Crippen LogP contribution in [0.2, 0.25) is 0 Å². The molecule has 0 bridgehead atoms. The molecule has 0 saturated heterocycles. The van der Waals surface area contributed by atoms with Crippen LogP contribution in [0.1, 0.15) is 20.3 Å². The number of hydrogen-bond donors (Lipinski definition) is 1. The summed E-state index contributed by atoms with van der Waals surface area (Å²) in [5.74, 6) is 1.00. The van der Waals surface area contributed by atoms with Gasteiger partial charge in [-0.05, 0) is 24.3 Å². The molecular weight excluding hydrogens is 322 g/mol. The molecule has 0 fully saturated rings. The quantitative estimate of drug-likeness (QED) is 0.530. The number of H-pyrrole nitrogens is 1. The van der Waals surface area contributed by atoms with E-state index in [1.165, 1.54) is 6.42 Å². The lowest BCUT2D eigenvalue weighted by atomic mass is 10.1. The average Bonchev–Trinajstić information content (AvgIpc) is 2.99. The molecule has 4 aromatic rings. The zero-order chi connectivity index (χ0) is 18.7. The maximum Gasteiger partial charge on any atom is 0.227 e. The Morgan fingerprint density at radius 1 is 0.962 bits per heavy atom. The van der Waals surface area contributed by atoms with E-state index in [9.17, 15) is 0 Å². The standard InChI is InChI=1S/C18H18N5.C3H8/c1-23(2,3)17-10-12(6-9-20-17)15-5-4-13-14-11-19-8-7-16(14)22-18(13)21-15;1-3-2/h4-11H,1-3H3,(H,21,22);3H2,1-2H3/q+1;. The molecule has 0 radical (unpaired) electrons. The van der Waals surface area contributed by atoms with Gasteiger partial charge in [-0.15, -0.1) is 0 Å². The smallest absolute Gasteiger partial charge is 0.227 e. The van der Waals surface area contributed by atoms with Gasteiger partial charge in [-0.1, -0.05) is 20.3 Å². The van der Waals surface area contributed by atoms with Crippen molar-refractivity contribution in [3.63, 3.8) is 0 Å². The molecule has 26 heavy (non-hydrogen) atoms. The molecule has 5 heteroatoms. The number of nitrogens with one attached hydrogen (secondary N) is 1. The van der Waals surface area contributed by atoms with Crippen LogP contribution in [0.5, 0.6) is 0 Å². The van der Waals surface area contributed by atoms with Crippen molar-refractivity contribution in [1.29, 1.82) is 0 Å². The molecule has 5 nitrogen and oxygen atoms in total. The summed E-state index contributed by atoms with van der Waals surface area (Å²) in [4.78, 5) is 16.8. The number of aromatic nitrogens is 4. The van der Waals surface area contributed by atoms with Gasteiger partial charge in [-0.2, -0.15) is 0 Å². The topological polar surface area (TPSA) is 54.5 Å². The second-order valence-corrected chi connectivity index (χ2v) is 7.26. The van der Waals surface area contributed by atoms with Gasteiger partial charge in [0.1, 0.15) is 5.65 Å². The van der Waals surface area contributed by atoms with Gasteiger partial charge < -0.3 is 4.98 Å². The molecule has 134 valence electrons. The van der Waals surface area contributed by atoms with Gasteiger partial charge >= 0.3 is 0 Å². The molecule has 0 atom stereocenters. The molecule has 1 N–H and O–H groups in total. The molecule has 0 spiro atoms. The molecule has 4 rings (SSSR count). The van der Waals surface area contributed by atoms with Gasteiger partial charge in [0.05, 0.1) is 32.4 Å². The normalized spacial score (nSPS) is 11.4. The van der Waals surface area contributed by atoms with E-state index in [1.54, 1.807) is 6.20 Å². The Morgan fingerprint density at radius 2 is 1.73 bits per heavy atom. The lowest BCUT2D eigenvalue weighted by Gasteiger charge is -2.22. The van der Waals surface area contributed by atoms with Gasteiger partial charge in [-0.25, -0.2) is 9.97 Å². The lowest BCUT2D eigenvalue weighted by Crippen LogP contribution is -2.35. The van der Waals surface area contributed by atoms with Gasteiger partial charge in [0.25, 0.3) is 0 Å². The maximum absolute atomic E-state index is 4.79. The van der Waals surface area contributed by atoms with Crippen molar-refractivity contribution < 1.29 is 0 Å². The summed E-state index contributed by atoms with van der Waals surface area (Å²) < 4.78 is 0.675. The predicted octanol–water partition coefficient (Wildman–Crippen LogP) is 4.79. The zero-order valence-electron chi connectivity index (χ0n) is 16.1. The molecule has 4 aromatic heterocycles. The monoisotopic (exact) mass is 348 g/mol. The van der Waals surface area contributed by atoms with E-state index in [-0.39, 0.29) is 0 Å². The van der Waals surface area contributed by atoms with E-state index in [4.69, 9.17) is 4.98 Å². The fraction of sp³-hybridized carbons (Fsp3) is 0.286. The number of rotatable bonds is 2. The van der Waals surface area contributed by atoms with Crippen LogP contribution in [0.3, 0.4) is 0 Å². The van der Waals surface area contributed by atoms with Crippen molar-refractivity contribution >= 4 is 27.8 Å². The van der Waals surface area contributed by atoms with E-state index in [1.807, 2.05) is 24.5 Å². The highest BCUT2D eigenvalue weighted by Crippen LogP contribution is 2.27. The SMILES string of the molecule is CCC.C[N+](C)(C)c1cc(-c2ccc3c(n2)[nH]c2ccncc23)ccn1. The largest absolute Gasteiger partial charge is 0.339 e. The van der Waals surface area contributed by atoms with E-state index < -0.39 is 0 Å². The Labute approximate surface area is 154 Å². The van der Waals surface area contributed by atoms with Crippen molar-refractivity contribution in [2.75, 3.05) is 21.1 Å². The van der Waals surface area contributed by atoms with E-state index in [2.05, 4.69) is 68.1 Å². The lowest BCUT2D eigenvalue weighted by molar-refractivity contribution is 0.473. The van der Waals surface area contributed by atoms with E-state index in [0.29, 0.717) is 4.48 Å². The number of aromatic amines is 1. The molecular formula is C21H26N5+. The Balaban J connectivity index is 0.000000613. The van der Waals surface area contributed by atoms with Gasteiger partial charge in [0, 0.05) is 41.0 Å². The second kappa shape index (κ2) is 7.22. The molecule has 0 aliphatic heterocycles. The maximum atomic E-state index is 4.79. The first-order chi connectivity index (χ1) is 12.4. The fourth-order valence-corrected chi connectivity index (χ4v) is 2.72. The minimum absolute atomic E-state index is 0.675. The van der Waals surface area contributed by atoms with Crippen LogP contribution >= 0.6 is 0 Å². The van der Waals surface area contributed by atoms with Crippen LogP contribution in [0.15, 0.2) is 48.9 Å². The van der Waals surface area contributed by atoms with Crippen LogP contribution in [-0.4, -0.2) is 41.1 Å². The molecule has 4 heterocycles. The summed E-state index contributed by atoms with van der Waals surface area (Å²) >= 11 is 0. The van der Waals surface area contributed by atoms with Crippen molar-refractivity contribution in [3.05, 3.63) is 48.9 Å². The second-order valence-electron chi connectivity index (χ2n) is 7.26. The van der Waals surface area contributed by atoms with E-state index >= 15 is 0 Å². The van der Waals surface area contributed by atoms with E-state index in [0.717, 1.165) is 39.0 Å². The Hall–Kier alpha value is -2.79. The van der Waals surface area contributed by atoms with Crippen LogP contribution < -0.4 is 4.48 Å². The number of quaternary nitrogens is 1. The van der Waals surface area contributed by atoms with Crippen molar-refractivity contribution in [2.24, 2.45) is 0 Å². The fourth-order valence-electron chi connectivity index (χ4n) is 2.72. The average molecular weight is 348 g/mol. The highest BCUT2D eigenvalue weighted by Gasteiger charge is 2.15.